The summed E-state index contributed by atoms with van der Waals surface area (Å²) in [6.07, 6.45) is 13.2. The van der Waals surface area contributed by atoms with Crippen LogP contribution in [0.4, 0.5) is 0 Å². The van der Waals surface area contributed by atoms with Crippen molar-refractivity contribution >= 4 is 0 Å². The van der Waals surface area contributed by atoms with E-state index in [0.717, 1.165) is 13.0 Å². The van der Waals surface area contributed by atoms with Crippen LogP contribution in [0.5, 0.6) is 0 Å². The lowest BCUT2D eigenvalue weighted by atomic mass is 9.98. The van der Waals surface area contributed by atoms with E-state index in [0.29, 0.717) is 5.92 Å². The van der Waals surface area contributed by atoms with Gasteiger partial charge in [-0.2, -0.15) is 0 Å². The molecule has 1 unspecified atom stereocenters. The number of aliphatic hydroxyl groups excluding tert-OH is 3. The zero-order valence-corrected chi connectivity index (χ0v) is 14.8. The molecule has 0 amide bonds. The van der Waals surface area contributed by atoms with Crippen molar-refractivity contribution in [2.45, 2.75) is 83.6 Å². The van der Waals surface area contributed by atoms with Crippen molar-refractivity contribution in [2.24, 2.45) is 5.92 Å². The van der Waals surface area contributed by atoms with Crippen LogP contribution in [0.2, 0.25) is 0 Å². The first-order chi connectivity index (χ1) is 10.6. The first-order valence-corrected chi connectivity index (χ1v) is 9.21. The van der Waals surface area contributed by atoms with Crippen molar-refractivity contribution < 1.29 is 15.3 Å². The Hall–Kier alpha value is -0.160. The molecule has 0 aromatic rings. The van der Waals surface area contributed by atoms with Crippen LogP contribution in [-0.2, 0) is 0 Å². The lowest BCUT2D eigenvalue weighted by Gasteiger charge is -2.30. The minimum absolute atomic E-state index is 0.245. The van der Waals surface area contributed by atoms with E-state index in [4.69, 9.17) is 0 Å². The SMILES string of the molecule is CCCCCCCCCCCC(C)CNC(CO)(CO)CO. The fraction of sp³-hybridized carbons (Fsp3) is 1.00. The Balaban J connectivity index is 3.52. The predicted octanol–water partition coefficient (Wildman–Crippen LogP) is 2.85. The molecule has 0 aromatic heterocycles. The Labute approximate surface area is 137 Å². The van der Waals surface area contributed by atoms with Gasteiger partial charge in [-0.25, -0.2) is 0 Å². The van der Waals surface area contributed by atoms with E-state index in [9.17, 15) is 15.3 Å². The largest absolute Gasteiger partial charge is 0.394 e. The Morgan fingerprint density at radius 3 is 1.68 bits per heavy atom. The number of hydrogen-bond acceptors (Lipinski definition) is 4. The Kier molecular flexibility index (Phi) is 14.3. The maximum Gasteiger partial charge on any atom is 0.0881 e. The Bertz CT molecular complexity index is 224. The zero-order chi connectivity index (χ0) is 16.7. The van der Waals surface area contributed by atoms with Crippen molar-refractivity contribution in [3.05, 3.63) is 0 Å². The fourth-order valence-corrected chi connectivity index (χ4v) is 2.61. The molecule has 0 radical (unpaired) electrons. The van der Waals surface area contributed by atoms with Crippen LogP contribution in [0, 0.1) is 5.92 Å². The molecular weight excluding hydrogens is 278 g/mol. The topological polar surface area (TPSA) is 72.7 Å². The number of unbranched alkanes of at least 4 members (excludes halogenated alkanes) is 8. The molecule has 134 valence electrons. The molecule has 22 heavy (non-hydrogen) atoms. The van der Waals surface area contributed by atoms with Crippen LogP contribution in [0.25, 0.3) is 0 Å². The van der Waals surface area contributed by atoms with E-state index in [1.54, 1.807) is 0 Å². The molecule has 0 aliphatic carbocycles. The molecular formula is C18H39NO3. The summed E-state index contributed by atoms with van der Waals surface area (Å²) in [6.45, 7) is 4.41. The summed E-state index contributed by atoms with van der Waals surface area (Å²) in [7, 11) is 0. The molecule has 0 saturated heterocycles. The monoisotopic (exact) mass is 317 g/mol. The smallest absolute Gasteiger partial charge is 0.0881 e. The number of hydrogen-bond donors (Lipinski definition) is 4. The second kappa shape index (κ2) is 14.4. The molecule has 0 fully saturated rings. The van der Waals surface area contributed by atoms with Gasteiger partial charge >= 0.3 is 0 Å². The lowest BCUT2D eigenvalue weighted by Crippen LogP contribution is -2.55. The van der Waals surface area contributed by atoms with Gasteiger partial charge < -0.3 is 20.6 Å². The summed E-state index contributed by atoms with van der Waals surface area (Å²) in [6, 6.07) is 0. The highest BCUT2D eigenvalue weighted by atomic mass is 16.3. The van der Waals surface area contributed by atoms with Crippen molar-refractivity contribution in [3.63, 3.8) is 0 Å². The minimum Gasteiger partial charge on any atom is -0.394 e. The van der Waals surface area contributed by atoms with Gasteiger partial charge in [0.2, 0.25) is 0 Å². The number of rotatable bonds is 16. The summed E-state index contributed by atoms with van der Waals surface area (Å²) >= 11 is 0. The first kappa shape index (κ1) is 21.8. The van der Waals surface area contributed by atoms with Gasteiger partial charge in [0.05, 0.1) is 25.4 Å². The molecule has 4 N–H and O–H groups in total. The van der Waals surface area contributed by atoms with Crippen molar-refractivity contribution in [3.8, 4) is 0 Å². The third-order valence-corrected chi connectivity index (χ3v) is 4.53. The van der Waals surface area contributed by atoms with Crippen molar-refractivity contribution in [2.75, 3.05) is 26.4 Å². The standard InChI is InChI=1S/C18H39NO3/c1-3-4-5-6-7-8-9-10-11-12-17(2)13-19-18(14-20,15-21)16-22/h17,19-22H,3-16H2,1-2H3. The molecule has 4 nitrogen and oxygen atoms in total. The third-order valence-electron chi connectivity index (χ3n) is 4.53. The van der Waals surface area contributed by atoms with Crippen molar-refractivity contribution in [1.29, 1.82) is 0 Å². The minimum atomic E-state index is -0.938. The van der Waals surface area contributed by atoms with Crippen LogP contribution < -0.4 is 5.32 Å². The van der Waals surface area contributed by atoms with E-state index in [1.165, 1.54) is 57.8 Å². The van der Waals surface area contributed by atoms with E-state index in [2.05, 4.69) is 19.2 Å². The third kappa shape index (κ3) is 10.5. The highest BCUT2D eigenvalue weighted by Crippen LogP contribution is 2.14. The summed E-state index contributed by atoms with van der Waals surface area (Å²) in [5.41, 5.74) is -0.938. The van der Waals surface area contributed by atoms with Crippen LogP contribution in [0.1, 0.15) is 78.1 Å². The van der Waals surface area contributed by atoms with Gasteiger partial charge in [-0.1, -0.05) is 71.6 Å². The average molecular weight is 318 g/mol. The predicted molar refractivity (Wildman–Crippen MR) is 93.0 cm³/mol. The maximum absolute atomic E-state index is 9.26. The van der Waals surface area contributed by atoms with Crippen LogP contribution in [0.15, 0.2) is 0 Å². The number of nitrogens with one attached hydrogen (secondary N) is 1. The second-order valence-corrected chi connectivity index (χ2v) is 6.86. The Morgan fingerprint density at radius 1 is 0.773 bits per heavy atom. The van der Waals surface area contributed by atoms with Gasteiger partial charge in [-0.05, 0) is 18.9 Å². The highest BCUT2D eigenvalue weighted by molar-refractivity contribution is 4.86. The molecule has 0 aromatic carbocycles. The molecule has 0 rings (SSSR count). The van der Waals surface area contributed by atoms with E-state index in [-0.39, 0.29) is 19.8 Å². The lowest BCUT2D eigenvalue weighted by molar-refractivity contribution is 0.0400. The molecule has 0 spiro atoms. The van der Waals surface area contributed by atoms with Gasteiger partial charge in [-0.3, -0.25) is 0 Å². The van der Waals surface area contributed by atoms with Crippen LogP contribution >= 0.6 is 0 Å². The maximum atomic E-state index is 9.26. The van der Waals surface area contributed by atoms with Gasteiger partial charge in [0, 0.05) is 0 Å². The molecule has 0 bridgehead atoms. The van der Waals surface area contributed by atoms with E-state index < -0.39 is 5.54 Å². The van der Waals surface area contributed by atoms with Gasteiger partial charge in [0.15, 0.2) is 0 Å². The van der Waals surface area contributed by atoms with Crippen LogP contribution in [-0.4, -0.2) is 47.2 Å². The zero-order valence-electron chi connectivity index (χ0n) is 14.8. The summed E-state index contributed by atoms with van der Waals surface area (Å²) in [5.74, 6) is 0.494. The molecule has 0 heterocycles. The fourth-order valence-electron chi connectivity index (χ4n) is 2.61. The molecule has 0 aliphatic rings. The molecule has 0 aliphatic heterocycles. The van der Waals surface area contributed by atoms with Crippen molar-refractivity contribution in [1.82, 2.24) is 5.32 Å². The molecule has 1 atom stereocenters. The molecule has 4 heteroatoms. The quantitative estimate of drug-likeness (QED) is 0.330. The summed E-state index contributed by atoms with van der Waals surface area (Å²) in [5, 5.41) is 30.9. The second-order valence-electron chi connectivity index (χ2n) is 6.86. The average Bonchev–Trinajstić information content (AvgIpc) is 2.55. The molecule has 0 saturated carbocycles. The van der Waals surface area contributed by atoms with E-state index >= 15 is 0 Å². The summed E-state index contributed by atoms with van der Waals surface area (Å²) < 4.78 is 0. The normalized spacial score (nSPS) is 13.5. The Morgan fingerprint density at radius 2 is 1.23 bits per heavy atom. The highest BCUT2D eigenvalue weighted by Gasteiger charge is 2.27. The van der Waals surface area contributed by atoms with Crippen LogP contribution in [0.3, 0.4) is 0 Å². The number of aliphatic hydroxyl groups is 3. The first-order valence-electron chi connectivity index (χ1n) is 9.21. The van der Waals surface area contributed by atoms with E-state index in [1.807, 2.05) is 0 Å². The van der Waals surface area contributed by atoms with Gasteiger partial charge in [-0.15, -0.1) is 0 Å². The van der Waals surface area contributed by atoms with Gasteiger partial charge in [0.25, 0.3) is 0 Å². The summed E-state index contributed by atoms with van der Waals surface area (Å²) in [4.78, 5) is 0. The van der Waals surface area contributed by atoms with Gasteiger partial charge in [0.1, 0.15) is 0 Å².